The molecule has 1 aromatic carbocycles. The van der Waals surface area contributed by atoms with Gasteiger partial charge in [0.05, 0.1) is 6.54 Å². The van der Waals surface area contributed by atoms with Crippen molar-refractivity contribution in [3.05, 3.63) is 34.3 Å². The molecule has 0 N–H and O–H groups in total. The highest BCUT2D eigenvalue weighted by Gasteiger charge is 2.22. The standard InChI is InChI=1S/C13H14BrNO3/c14-11-4-1-3-10(7-11)9-18-13(17)15-6-2-5-12(16)8-15/h1,3-4,7H,2,5-6,8-9H2. The SMILES string of the molecule is O=C1CCCN(C(=O)OCc2cccc(Br)c2)C1. The van der Waals surface area contributed by atoms with E-state index in [0.717, 1.165) is 16.5 Å². The average Bonchev–Trinajstić information content (AvgIpc) is 2.36. The maximum atomic E-state index is 11.7. The highest BCUT2D eigenvalue weighted by atomic mass is 79.9. The second-order valence-electron chi connectivity index (χ2n) is 4.25. The molecule has 1 aliphatic heterocycles. The van der Waals surface area contributed by atoms with Crippen molar-refractivity contribution in [2.75, 3.05) is 13.1 Å². The lowest BCUT2D eigenvalue weighted by molar-refractivity contribution is -0.121. The van der Waals surface area contributed by atoms with Crippen LogP contribution in [-0.2, 0) is 16.1 Å². The van der Waals surface area contributed by atoms with Crippen LogP contribution in [0.3, 0.4) is 0 Å². The number of ether oxygens (including phenoxy) is 1. The molecular weight excluding hydrogens is 298 g/mol. The molecule has 0 aromatic heterocycles. The number of hydrogen-bond donors (Lipinski definition) is 0. The highest BCUT2D eigenvalue weighted by Crippen LogP contribution is 2.13. The van der Waals surface area contributed by atoms with E-state index in [4.69, 9.17) is 4.74 Å². The average molecular weight is 312 g/mol. The van der Waals surface area contributed by atoms with E-state index in [1.807, 2.05) is 24.3 Å². The van der Waals surface area contributed by atoms with Crippen LogP contribution in [0.25, 0.3) is 0 Å². The number of hydrogen-bond acceptors (Lipinski definition) is 3. The van der Waals surface area contributed by atoms with Gasteiger partial charge in [-0.1, -0.05) is 28.1 Å². The van der Waals surface area contributed by atoms with E-state index in [9.17, 15) is 9.59 Å². The summed E-state index contributed by atoms with van der Waals surface area (Å²) in [4.78, 5) is 24.4. The van der Waals surface area contributed by atoms with Crippen molar-refractivity contribution in [2.24, 2.45) is 0 Å². The van der Waals surface area contributed by atoms with Crippen LogP contribution in [0.2, 0.25) is 0 Å². The van der Waals surface area contributed by atoms with Crippen LogP contribution in [0.1, 0.15) is 18.4 Å². The summed E-state index contributed by atoms with van der Waals surface area (Å²) >= 11 is 3.36. The van der Waals surface area contributed by atoms with Crippen LogP contribution in [0.5, 0.6) is 0 Å². The molecule has 5 heteroatoms. The van der Waals surface area contributed by atoms with Crippen molar-refractivity contribution >= 4 is 27.8 Å². The Labute approximate surface area is 114 Å². The number of amides is 1. The van der Waals surface area contributed by atoms with Gasteiger partial charge in [0.15, 0.2) is 5.78 Å². The summed E-state index contributed by atoms with van der Waals surface area (Å²) in [5, 5.41) is 0. The molecule has 1 heterocycles. The fourth-order valence-corrected chi connectivity index (χ4v) is 2.30. The van der Waals surface area contributed by atoms with Crippen LogP contribution in [0.4, 0.5) is 4.79 Å². The molecule has 96 valence electrons. The smallest absolute Gasteiger partial charge is 0.410 e. The summed E-state index contributed by atoms with van der Waals surface area (Å²) in [7, 11) is 0. The van der Waals surface area contributed by atoms with Gasteiger partial charge in [-0.15, -0.1) is 0 Å². The van der Waals surface area contributed by atoms with Gasteiger partial charge in [0.1, 0.15) is 6.61 Å². The number of rotatable bonds is 2. The van der Waals surface area contributed by atoms with Gasteiger partial charge in [0.25, 0.3) is 0 Å². The topological polar surface area (TPSA) is 46.6 Å². The van der Waals surface area contributed by atoms with Crippen LogP contribution in [-0.4, -0.2) is 29.9 Å². The van der Waals surface area contributed by atoms with Crippen molar-refractivity contribution in [3.8, 4) is 0 Å². The van der Waals surface area contributed by atoms with Crippen molar-refractivity contribution in [1.29, 1.82) is 0 Å². The van der Waals surface area contributed by atoms with E-state index in [1.54, 1.807) is 0 Å². The van der Waals surface area contributed by atoms with E-state index in [2.05, 4.69) is 15.9 Å². The zero-order valence-corrected chi connectivity index (χ0v) is 11.5. The molecule has 0 atom stereocenters. The molecule has 18 heavy (non-hydrogen) atoms. The predicted molar refractivity (Wildman–Crippen MR) is 70.1 cm³/mol. The molecule has 4 nitrogen and oxygen atoms in total. The first kappa shape index (κ1) is 13.1. The van der Waals surface area contributed by atoms with Crippen LogP contribution in [0.15, 0.2) is 28.7 Å². The van der Waals surface area contributed by atoms with Crippen LogP contribution < -0.4 is 0 Å². The summed E-state index contributed by atoms with van der Waals surface area (Å²) in [6.45, 7) is 1.00. The third kappa shape index (κ3) is 3.57. The molecule has 0 bridgehead atoms. The quantitative estimate of drug-likeness (QED) is 0.843. The number of carbonyl (C=O) groups excluding carboxylic acids is 2. The summed E-state index contributed by atoms with van der Waals surface area (Å²) in [6.07, 6.45) is 0.878. The third-order valence-electron chi connectivity index (χ3n) is 2.76. The normalized spacial score (nSPS) is 15.6. The maximum absolute atomic E-state index is 11.7. The Kier molecular flexibility index (Phi) is 4.36. The second-order valence-corrected chi connectivity index (χ2v) is 5.16. The lowest BCUT2D eigenvalue weighted by Crippen LogP contribution is -2.40. The number of halogens is 1. The Morgan fingerprint density at radius 1 is 1.44 bits per heavy atom. The largest absolute Gasteiger partial charge is 0.445 e. The van der Waals surface area contributed by atoms with E-state index in [1.165, 1.54) is 4.90 Å². The molecule has 1 fully saturated rings. The predicted octanol–water partition coefficient (Wildman–Crippen LogP) is 2.75. The highest BCUT2D eigenvalue weighted by molar-refractivity contribution is 9.10. The van der Waals surface area contributed by atoms with Crippen LogP contribution >= 0.6 is 15.9 Å². The second kappa shape index (κ2) is 6.00. The number of benzene rings is 1. The molecule has 1 saturated heterocycles. The zero-order valence-electron chi connectivity index (χ0n) is 9.89. The molecule has 1 amide bonds. The Balaban J connectivity index is 1.86. The van der Waals surface area contributed by atoms with E-state index < -0.39 is 6.09 Å². The van der Waals surface area contributed by atoms with Gasteiger partial charge in [-0.2, -0.15) is 0 Å². The molecule has 1 aromatic rings. The first-order chi connectivity index (χ1) is 8.65. The van der Waals surface area contributed by atoms with Crippen molar-refractivity contribution in [2.45, 2.75) is 19.4 Å². The number of carbonyl (C=O) groups is 2. The Morgan fingerprint density at radius 2 is 2.28 bits per heavy atom. The van der Waals surface area contributed by atoms with E-state index in [-0.39, 0.29) is 18.9 Å². The first-order valence-corrected chi connectivity index (χ1v) is 6.62. The van der Waals surface area contributed by atoms with Gasteiger partial charge in [-0.25, -0.2) is 4.79 Å². The third-order valence-corrected chi connectivity index (χ3v) is 3.25. The van der Waals surface area contributed by atoms with Crippen molar-refractivity contribution < 1.29 is 14.3 Å². The molecule has 1 aliphatic rings. The number of ketones is 1. The lowest BCUT2D eigenvalue weighted by Gasteiger charge is -2.24. The number of piperidine rings is 1. The Hall–Kier alpha value is -1.36. The van der Waals surface area contributed by atoms with Gasteiger partial charge >= 0.3 is 6.09 Å². The van der Waals surface area contributed by atoms with E-state index in [0.29, 0.717) is 13.0 Å². The number of Topliss-reactive ketones (excluding diaryl/α,β-unsaturated/α-hetero) is 1. The summed E-state index contributed by atoms with van der Waals surface area (Å²) in [5.41, 5.74) is 0.918. The minimum absolute atomic E-state index is 0.0978. The molecule has 0 spiro atoms. The van der Waals surface area contributed by atoms with Gasteiger partial charge in [0.2, 0.25) is 0 Å². The van der Waals surface area contributed by atoms with Crippen molar-refractivity contribution in [1.82, 2.24) is 4.90 Å². The van der Waals surface area contributed by atoms with Gasteiger partial charge in [-0.05, 0) is 24.1 Å². The lowest BCUT2D eigenvalue weighted by atomic mass is 10.1. The molecule has 0 aliphatic carbocycles. The fraction of sp³-hybridized carbons (Fsp3) is 0.385. The van der Waals surface area contributed by atoms with Crippen LogP contribution in [0, 0.1) is 0 Å². The molecule has 0 saturated carbocycles. The molecular formula is C13H14BrNO3. The number of nitrogens with zero attached hydrogens (tertiary/aromatic N) is 1. The van der Waals surface area contributed by atoms with Gasteiger partial charge < -0.3 is 9.64 Å². The molecule has 0 radical (unpaired) electrons. The van der Waals surface area contributed by atoms with E-state index >= 15 is 0 Å². The maximum Gasteiger partial charge on any atom is 0.410 e. The van der Waals surface area contributed by atoms with Crippen molar-refractivity contribution in [3.63, 3.8) is 0 Å². The number of likely N-dealkylation sites (tertiary alicyclic amines) is 1. The minimum Gasteiger partial charge on any atom is -0.445 e. The summed E-state index contributed by atoms with van der Waals surface area (Å²) in [5.74, 6) is 0.0978. The molecule has 2 rings (SSSR count). The van der Waals surface area contributed by atoms with Gasteiger partial charge in [0, 0.05) is 17.4 Å². The zero-order chi connectivity index (χ0) is 13.0. The molecule has 0 unspecified atom stereocenters. The van der Waals surface area contributed by atoms with Gasteiger partial charge in [-0.3, -0.25) is 4.79 Å². The summed E-state index contributed by atoms with van der Waals surface area (Å²) in [6, 6.07) is 7.58. The first-order valence-electron chi connectivity index (χ1n) is 5.83. The fourth-order valence-electron chi connectivity index (χ4n) is 1.86. The Bertz CT molecular complexity index is 461. The summed E-state index contributed by atoms with van der Waals surface area (Å²) < 4.78 is 6.13. The monoisotopic (exact) mass is 311 g/mol. The minimum atomic E-state index is -0.414. The Morgan fingerprint density at radius 3 is 3.00 bits per heavy atom.